The smallest absolute Gasteiger partial charge is 0.150 e. The van der Waals surface area contributed by atoms with Crippen molar-refractivity contribution in [2.75, 3.05) is 19.8 Å². The van der Waals surface area contributed by atoms with Crippen molar-refractivity contribution < 1.29 is 8.42 Å². The largest absolute Gasteiger partial charge is 0.319 e. The molecule has 1 fully saturated rings. The van der Waals surface area contributed by atoms with Crippen LogP contribution in [0.3, 0.4) is 0 Å². The summed E-state index contributed by atoms with van der Waals surface area (Å²) in [6.45, 7) is 5.55. The van der Waals surface area contributed by atoms with Crippen LogP contribution in [0, 0.1) is 17.8 Å². The molecular weight excluding hydrogens is 234 g/mol. The Bertz CT molecular complexity index is 326. The lowest BCUT2D eigenvalue weighted by atomic mass is 9.75. The van der Waals surface area contributed by atoms with Gasteiger partial charge in [-0.25, -0.2) is 8.42 Å². The van der Waals surface area contributed by atoms with Gasteiger partial charge in [-0.1, -0.05) is 26.7 Å². The van der Waals surface area contributed by atoms with Crippen LogP contribution in [0.15, 0.2) is 0 Å². The lowest BCUT2D eigenvalue weighted by molar-refractivity contribution is 0.203. The summed E-state index contributed by atoms with van der Waals surface area (Å²) < 4.78 is 23.3. The zero-order valence-corrected chi connectivity index (χ0v) is 12.4. The molecule has 1 rings (SSSR count). The Labute approximate surface area is 106 Å². The molecule has 3 nitrogen and oxygen atoms in total. The Kier molecular flexibility index (Phi) is 5.45. The first kappa shape index (κ1) is 15.0. The molecule has 0 aromatic heterocycles. The normalized spacial score (nSPS) is 29.9. The van der Waals surface area contributed by atoms with Crippen LogP contribution in [0.2, 0.25) is 0 Å². The van der Waals surface area contributed by atoms with Gasteiger partial charge in [0, 0.05) is 6.26 Å². The average Bonchev–Trinajstić information content (AvgIpc) is 2.27. The zero-order chi connectivity index (χ0) is 13.1. The van der Waals surface area contributed by atoms with E-state index in [0.29, 0.717) is 17.8 Å². The first-order chi connectivity index (χ1) is 7.86. The van der Waals surface area contributed by atoms with E-state index in [-0.39, 0.29) is 5.25 Å². The number of rotatable bonds is 5. The molecule has 0 spiro atoms. The summed E-state index contributed by atoms with van der Waals surface area (Å²) in [5.74, 6) is 1.79. The summed E-state index contributed by atoms with van der Waals surface area (Å²) in [5, 5.41) is 3.12. The maximum absolute atomic E-state index is 11.6. The highest BCUT2D eigenvalue weighted by molar-refractivity contribution is 7.91. The Morgan fingerprint density at radius 3 is 2.47 bits per heavy atom. The monoisotopic (exact) mass is 261 g/mol. The Morgan fingerprint density at radius 2 is 1.94 bits per heavy atom. The van der Waals surface area contributed by atoms with Crippen LogP contribution in [0.1, 0.15) is 39.5 Å². The van der Waals surface area contributed by atoms with Gasteiger partial charge in [0.15, 0.2) is 0 Å². The fourth-order valence-electron chi connectivity index (χ4n) is 3.02. The Hall–Kier alpha value is -0.0900. The second-order valence-corrected chi connectivity index (χ2v) is 8.10. The van der Waals surface area contributed by atoms with Crippen molar-refractivity contribution in [3.8, 4) is 0 Å². The van der Waals surface area contributed by atoms with Crippen LogP contribution < -0.4 is 5.32 Å². The van der Waals surface area contributed by atoms with Crippen LogP contribution in [0.25, 0.3) is 0 Å². The van der Waals surface area contributed by atoms with Gasteiger partial charge in [0.05, 0.1) is 5.25 Å². The van der Waals surface area contributed by atoms with Crippen molar-refractivity contribution >= 4 is 9.84 Å². The Morgan fingerprint density at radius 1 is 1.29 bits per heavy atom. The minimum Gasteiger partial charge on any atom is -0.319 e. The molecule has 1 N–H and O–H groups in total. The molecule has 0 aliphatic heterocycles. The fourth-order valence-corrected chi connectivity index (χ4v) is 4.21. The molecule has 4 unspecified atom stereocenters. The molecule has 0 heterocycles. The van der Waals surface area contributed by atoms with Gasteiger partial charge in [0.2, 0.25) is 0 Å². The highest BCUT2D eigenvalue weighted by Gasteiger charge is 2.32. The van der Waals surface area contributed by atoms with Crippen LogP contribution in [-0.2, 0) is 9.84 Å². The fraction of sp³-hybridized carbons (Fsp3) is 1.00. The van der Waals surface area contributed by atoms with Gasteiger partial charge in [-0.05, 0) is 44.2 Å². The van der Waals surface area contributed by atoms with Gasteiger partial charge in [-0.2, -0.15) is 0 Å². The number of nitrogens with one attached hydrogen (secondary N) is 1. The van der Waals surface area contributed by atoms with E-state index in [1.807, 2.05) is 7.05 Å². The van der Waals surface area contributed by atoms with Gasteiger partial charge in [0.1, 0.15) is 9.84 Å². The van der Waals surface area contributed by atoms with E-state index in [2.05, 4.69) is 19.2 Å². The third-order valence-electron chi connectivity index (χ3n) is 4.44. The Balaban J connectivity index is 2.60. The maximum atomic E-state index is 11.6. The van der Waals surface area contributed by atoms with E-state index >= 15 is 0 Å². The van der Waals surface area contributed by atoms with E-state index in [1.165, 1.54) is 12.7 Å². The number of sulfone groups is 1. The summed E-state index contributed by atoms with van der Waals surface area (Å²) >= 11 is 0. The molecule has 17 heavy (non-hydrogen) atoms. The first-order valence-electron chi connectivity index (χ1n) is 6.69. The third-order valence-corrected chi connectivity index (χ3v) is 6.08. The highest BCUT2D eigenvalue weighted by Crippen LogP contribution is 2.36. The highest BCUT2D eigenvalue weighted by atomic mass is 32.2. The van der Waals surface area contributed by atoms with Crippen molar-refractivity contribution in [2.24, 2.45) is 17.8 Å². The van der Waals surface area contributed by atoms with Gasteiger partial charge < -0.3 is 5.32 Å². The molecule has 0 amide bonds. The van der Waals surface area contributed by atoms with Crippen LogP contribution in [0.5, 0.6) is 0 Å². The van der Waals surface area contributed by atoms with Crippen molar-refractivity contribution in [3.63, 3.8) is 0 Å². The van der Waals surface area contributed by atoms with Crippen molar-refractivity contribution in [2.45, 2.75) is 44.8 Å². The SMILES string of the molecule is CNCC(C)C(C)C1CCCC(S(C)(=O)=O)C1. The second kappa shape index (κ2) is 6.19. The van der Waals surface area contributed by atoms with Crippen molar-refractivity contribution in [3.05, 3.63) is 0 Å². The molecule has 0 radical (unpaired) electrons. The molecule has 102 valence electrons. The van der Waals surface area contributed by atoms with E-state index in [1.54, 1.807) is 0 Å². The van der Waals surface area contributed by atoms with Crippen LogP contribution in [0.4, 0.5) is 0 Å². The summed E-state index contributed by atoms with van der Waals surface area (Å²) in [7, 11) is -0.870. The van der Waals surface area contributed by atoms with Crippen LogP contribution >= 0.6 is 0 Å². The van der Waals surface area contributed by atoms with E-state index in [4.69, 9.17) is 0 Å². The third kappa shape index (κ3) is 4.25. The topological polar surface area (TPSA) is 46.2 Å². The lowest BCUT2D eigenvalue weighted by Crippen LogP contribution is -2.34. The standard InChI is InChI=1S/C13H27NO2S/c1-10(9-14-3)11(2)12-6-5-7-13(8-12)17(4,15)16/h10-14H,5-9H2,1-4H3. The number of hydrogen-bond donors (Lipinski definition) is 1. The van der Waals surface area contributed by atoms with Gasteiger partial charge in [-0.15, -0.1) is 0 Å². The summed E-state index contributed by atoms with van der Waals surface area (Å²) in [6.07, 6.45) is 5.39. The number of hydrogen-bond acceptors (Lipinski definition) is 3. The summed E-state index contributed by atoms with van der Waals surface area (Å²) in [5.41, 5.74) is 0. The predicted molar refractivity (Wildman–Crippen MR) is 72.8 cm³/mol. The second-order valence-electron chi connectivity index (χ2n) is 5.77. The molecule has 0 aromatic carbocycles. The average molecular weight is 261 g/mol. The molecule has 4 atom stereocenters. The first-order valence-corrected chi connectivity index (χ1v) is 8.65. The van der Waals surface area contributed by atoms with Gasteiger partial charge in [0.25, 0.3) is 0 Å². The molecule has 0 saturated heterocycles. The molecule has 0 bridgehead atoms. The van der Waals surface area contributed by atoms with Gasteiger partial charge in [-0.3, -0.25) is 0 Å². The van der Waals surface area contributed by atoms with E-state index in [9.17, 15) is 8.42 Å². The lowest BCUT2D eigenvalue weighted by Gasteiger charge is -2.35. The van der Waals surface area contributed by atoms with Crippen molar-refractivity contribution in [1.29, 1.82) is 0 Å². The minimum atomic E-state index is -2.85. The maximum Gasteiger partial charge on any atom is 0.150 e. The summed E-state index contributed by atoms with van der Waals surface area (Å²) in [4.78, 5) is 0. The van der Waals surface area contributed by atoms with E-state index < -0.39 is 9.84 Å². The molecule has 4 heteroatoms. The molecule has 1 aliphatic rings. The molecule has 1 aliphatic carbocycles. The minimum absolute atomic E-state index is 0.0921. The molecular formula is C13H27NO2S. The van der Waals surface area contributed by atoms with E-state index in [0.717, 1.165) is 25.8 Å². The van der Waals surface area contributed by atoms with Crippen molar-refractivity contribution in [1.82, 2.24) is 5.32 Å². The predicted octanol–water partition coefficient (Wildman–Crippen LogP) is 2.08. The van der Waals surface area contributed by atoms with Gasteiger partial charge >= 0.3 is 0 Å². The molecule has 1 saturated carbocycles. The van der Waals surface area contributed by atoms with Crippen LogP contribution in [-0.4, -0.2) is 33.5 Å². The quantitative estimate of drug-likeness (QED) is 0.824. The summed E-state index contributed by atoms with van der Waals surface area (Å²) in [6, 6.07) is 0. The molecule has 0 aromatic rings. The zero-order valence-electron chi connectivity index (χ0n) is 11.6.